The molecule has 0 amide bonds. The minimum atomic E-state index is -0.270. The van der Waals surface area contributed by atoms with E-state index in [0.717, 1.165) is 12.8 Å². The van der Waals surface area contributed by atoms with Crippen molar-refractivity contribution in [3.05, 3.63) is 0 Å². The Morgan fingerprint density at radius 3 is 1.48 bits per heavy atom. The lowest BCUT2D eigenvalue weighted by Crippen LogP contribution is -2.26. The molecule has 0 spiro atoms. The molecule has 2 unspecified atom stereocenters. The summed E-state index contributed by atoms with van der Waals surface area (Å²) in [5, 5.41) is 9.50. The van der Waals surface area contributed by atoms with Gasteiger partial charge < -0.3 is 19.1 Å². The number of hydrogen-bond acceptors (Lipinski definition) is 4. The van der Waals surface area contributed by atoms with E-state index in [4.69, 9.17) is 14.0 Å². The smallest absolute Gasteiger partial charge is 0.0929 e. The summed E-state index contributed by atoms with van der Waals surface area (Å²) in [6.45, 7) is 23.6. The number of hydrogen-bond donors (Lipinski definition) is 1. The second-order valence-corrected chi connectivity index (χ2v) is 13.0. The van der Waals surface area contributed by atoms with Crippen LogP contribution in [0, 0.1) is 11.8 Å². The molecule has 2 heterocycles. The predicted octanol–water partition coefficient (Wildman–Crippen LogP) is 5.40. The Kier molecular flexibility index (Phi) is 14.2. The SMILES string of the molecule is CC[C@H]1O[C@@H](C)[C@@H](C)C1O.CC[C@H]1O[C@@H](C)[C@@H](C)C1OP(C)C.CP(C)C. The van der Waals surface area contributed by atoms with Crippen molar-refractivity contribution < 1.29 is 19.1 Å². The number of rotatable bonds is 4. The van der Waals surface area contributed by atoms with E-state index in [1.54, 1.807) is 0 Å². The molecule has 8 atom stereocenters. The highest BCUT2D eigenvalue weighted by Crippen LogP contribution is 2.39. The van der Waals surface area contributed by atoms with Gasteiger partial charge >= 0.3 is 0 Å². The fraction of sp³-hybridized carbons (Fsp3) is 1.00. The van der Waals surface area contributed by atoms with Gasteiger partial charge in [0.25, 0.3) is 0 Å². The highest BCUT2D eigenvalue weighted by atomic mass is 31.1. The van der Waals surface area contributed by atoms with Gasteiger partial charge in [-0.2, -0.15) is 0 Å². The molecule has 2 saturated heterocycles. The lowest BCUT2D eigenvalue weighted by atomic mass is 9.98. The topological polar surface area (TPSA) is 47.9 Å². The molecular formula is C21H46O4P2. The third kappa shape index (κ3) is 9.83. The molecule has 0 aromatic rings. The Morgan fingerprint density at radius 2 is 1.19 bits per heavy atom. The normalized spacial score (nSPS) is 38.4. The van der Waals surface area contributed by atoms with Crippen LogP contribution in [0.5, 0.6) is 0 Å². The van der Waals surface area contributed by atoms with Gasteiger partial charge in [0, 0.05) is 20.0 Å². The zero-order valence-corrected chi connectivity index (χ0v) is 21.4. The van der Waals surface area contributed by atoms with E-state index >= 15 is 0 Å². The standard InChI is InChI=1S/C10H21O2P.C8H16O2.C3H9P/c1-6-9-10(12-13(4)5)7(2)8(3)11-9;1-4-7-8(9)5(2)6(3)10-7;1-4(2)3/h7-10H,6H2,1-5H3;5-9H,4H2,1-3H3;1-3H3/t7-,8+,9-,10?;5-,6+,7-,8?;/m11./s1. The molecule has 0 aromatic carbocycles. The van der Waals surface area contributed by atoms with Crippen LogP contribution in [-0.4, -0.2) is 75.1 Å². The van der Waals surface area contributed by atoms with E-state index in [2.05, 4.69) is 54.1 Å². The Balaban J connectivity index is 0.000000428. The van der Waals surface area contributed by atoms with Crippen molar-refractivity contribution in [2.75, 3.05) is 33.3 Å². The van der Waals surface area contributed by atoms with Crippen molar-refractivity contribution in [3.63, 3.8) is 0 Å². The molecule has 2 aliphatic heterocycles. The minimum absolute atomic E-state index is 0.0741. The van der Waals surface area contributed by atoms with Gasteiger partial charge in [-0.3, -0.25) is 0 Å². The van der Waals surface area contributed by atoms with Crippen LogP contribution in [0.1, 0.15) is 54.4 Å². The van der Waals surface area contributed by atoms with E-state index in [1.165, 1.54) is 0 Å². The molecule has 0 aliphatic carbocycles. The van der Waals surface area contributed by atoms with Crippen LogP contribution in [-0.2, 0) is 14.0 Å². The first-order valence-corrected chi connectivity index (χ1v) is 15.2. The molecule has 0 bridgehead atoms. The fourth-order valence-electron chi connectivity index (χ4n) is 3.25. The van der Waals surface area contributed by atoms with Crippen LogP contribution >= 0.6 is 16.1 Å². The van der Waals surface area contributed by atoms with Crippen molar-refractivity contribution in [1.82, 2.24) is 0 Å². The maximum atomic E-state index is 9.50. The van der Waals surface area contributed by atoms with Gasteiger partial charge in [0.2, 0.25) is 0 Å². The van der Waals surface area contributed by atoms with Gasteiger partial charge in [0.05, 0.1) is 36.6 Å². The van der Waals surface area contributed by atoms with Gasteiger partial charge in [0.1, 0.15) is 0 Å². The fourth-order valence-corrected chi connectivity index (χ4v) is 4.07. The lowest BCUT2D eigenvalue weighted by Gasteiger charge is -2.22. The van der Waals surface area contributed by atoms with Gasteiger partial charge in [-0.25, -0.2) is 0 Å². The van der Waals surface area contributed by atoms with Gasteiger partial charge in [0.15, 0.2) is 0 Å². The summed E-state index contributed by atoms with van der Waals surface area (Å²) in [5.74, 6) is 0.833. The molecule has 2 aliphatic rings. The zero-order chi connectivity index (χ0) is 21.3. The summed E-state index contributed by atoms with van der Waals surface area (Å²) >= 11 is 0. The Labute approximate surface area is 171 Å². The second kappa shape index (κ2) is 13.8. The third-order valence-electron chi connectivity index (χ3n) is 5.20. The molecule has 4 nitrogen and oxygen atoms in total. The summed E-state index contributed by atoms with van der Waals surface area (Å²) < 4.78 is 17.2. The summed E-state index contributed by atoms with van der Waals surface area (Å²) in [7, 11) is 0.110. The molecule has 6 heteroatoms. The predicted molar refractivity (Wildman–Crippen MR) is 122 cm³/mol. The molecule has 0 radical (unpaired) electrons. The van der Waals surface area contributed by atoms with Crippen LogP contribution in [0.3, 0.4) is 0 Å². The molecule has 2 fully saturated rings. The summed E-state index contributed by atoms with van der Waals surface area (Å²) in [6, 6.07) is 0. The second-order valence-electron chi connectivity index (χ2n) is 8.51. The Bertz CT molecular complexity index is 378. The molecule has 27 heavy (non-hydrogen) atoms. The monoisotopic (exact) mass is 424 g/mol. The average Bonchev–Trinajstić information content (AvgIpc) is 2.98. The molecule has 2 rings (SSSR count). The molecule has 164 valence electrons. The average molecular weight is 425 g/mol. The van der Waals surface area contributed by atoms with Crippen molar-refractivity contribution in [2.24, 2.45) is 11.8 Å². The van der Waals surface area contributed by atoms with Crippen LogP contribution in [0.15, 0.2) is 0 Å². The van der Waals surface area contributed by atoms with E-state index in [1.807, 2.05) is 20.8 Å². The maximum absolute atomic E-state index is 9.50. The van der Waals surface area contributed by atoms with E-state index in [0.29, 0.717) is 38.1 Å². The van der Waals surface area contributed by atoms with Gasteiger partial charge in [-0.1, -0.05) is 27.7 Å². The minimum Gasteiger partial charge on any atom is -0.390 e. The molecule has 1 N–H and O–H groups in total. The molecule has 0 aromatic heterocycles. The lowest BCUT2D eigenvalue weighted by molar-refractivity contribution is 0.0144. The zero-order valence-electron chi connectivity index (χ0n) is 19.6. The van der Waals surface area contributed by atoms with Gasteiger partial charge in [-0.05, 0) is 60.0 Å². The van der Waals surface area contributed by atoms with Crippen LogP contribution in [0.2, 0.25) is 0 Å². The van der Waals surface area contributed by atoms with E-state index < -0.39 is 0 Å². The summed E-state index contributed by atoms with van der Waals surface area (Å²) in [6.07, 6.45) is 3.00. The van der Waals surface area contributed by atoms with Crippen molar-refractivity contribution in [3.8, 4) is 0 Å². The first kappa shape index (κ1) is 27.7. The van der Waals surface area contributed by atoms with E-state index in [9.17, 15) is 5.11 Å². The first-order chi connectivity index (χ1) is 12.5. The van der Waals surface area contributed by atoms with Crippen molar-refractivity contribution in [2.45, 2.75) is 91.0 Å². The van der Waals surface area contributed by atoms with Gasteiger partial charge in [-0.15, -0.1) is 7.92 Å². The summed E-state index contributed by atoms with van der Waals surface area (Å²) in [5.41, 5.74) is 0. The third-order valence-corrected chi connectivity index (χ3v) is 5.87. The highest BCUT2D eigenvalue weighted by Gasteiger charge is 2.39. The largest absolute Gasteiger partial charge is 0.390 e. The first-order valence-electron chi connectivity index (χ1n) is 10.4. The van der Waals surface area contributed by atoms with Crippen molar-refractivity contribution in [1.29, 1.82) is 0 Å². The quantitative estimate of drug-likeness (QED) is 0.614. The maximum Gasteiger partial charge on any atom is 0.0929 e. The number of aliphatic hydroxyl groups excluding tert-OH is 1. The van der Waals surface area contributed by atoms with Crippen molar-refractivity contribution >= 4 is 16.1 Å². The number of aliphatic hydroxyl groups is 1. The van der Waals surface area contributed by atoms with E-state index in [-0.39, 0.29) is 26.5 Å². The van der Waals surface area contributed by atoms with Crippen LogP contribution < -0.4 is 0 Å². The highest BCUT2D eigenvalue weighted by molar-refractivity contribution is 7.55. The Morgan fingerprint density at radius 1 is 0.778 bits per heavy atom. The van der Waals surface area contributed by atoms with Crippen LogP contribution in [0.25, 0.3) is 0 Å². The number of ether oxygens (including phenoxy) is 2. The molecule has 0 saturated carbocycles. The van der Waals surface area contributed by atoms with Crippen LogP contribution in [0.4, 0.5) is 0 Å². The summed E-state index contributed by atoms with van der Waals surface area (Å²) in [4.78, 5) is 0. The molecular weight excluding hydrogens is 378 g/mol. The Hall–Kier alpha value is 0.700.